The molecular weight excluding hydrogens is 234 g/mol. The van der Waals surface area contributed by atoms with Crippen LogP contribution in [0.1, 0.15) is 31.4 Å². The van der Waals surface area contributed by atoms with Gasteiger partial charge in [0.1, 0.15) is 0 Å². The third kappa shape index (κ3) is 3.30. The summed E-state index contributed by atoms with van der Waals surface area (Å²) in [4.78, 5) is 0. The fraction of sp³-hybridized carbons (Fsp3) is 0.538. The lowest BCUT2D eigenvalue weighted by atomic mass is 10.1. The Morgan fingerprint density at radius 3 is 2.65 bits per heavy atom. The molecule has 0 amide bonds. The van der Waals surface area contributed by atoms with E-state index >= 15 is 0 Å². The summed E-state index contributed by atoms with van der Waals surface area (Å²) in [5, 5.41) is 13.1. The highest BCUT2D eigenvalue weighted by Crippen LogP contribution is 2.24. The summed E-state index contributed by atoms with van der Waals surface area (Å²) in [6.45, 7) is 1.77. The van der Waals surface area contributed by atoms with Crippen molar-refractivity contribution in [1.82, 2.24) is 0 Å². The van der Waals surface area contributed by atoms with Crippen LogP contribution in [-0.2, 0) is 10.8 Å². The quantitative estimate of drug-likeness (QED) is 0.867. The average molecular weight is 253 g/mol. The van der Waals surface area contributed by atoms with Gasteiger partial charge in [0, 0.05) is 39.6 Å². The number of nitrogens with one attached hydrogen (secondary N) is 1. The highest BCUT2D eigenvalue weighted by atomic mass is 32.2. The highest BCUT2D eigenvalue weighted by molar-refractivity contribution is 7.85. The topological polar surface area (TPSA) is 49.3 Å². The molecule has 1 atom stereocenters. The molecule has 0 aromatic heterocycles. The summed E-state index contributed by atoms with van der Waals surface area (Å²) in [6, 6.07) is 8.22. The van der Waals surface area contributed by atoms with Crippen molar-refractivity contribution >= 4 is 16.5 Å². The van der Waals surface area contributed by atoms with E-state index in [0.717, 1.165) is 35.6 Å². The summed E-state index contributed by atoms with van der Waals surface area (Å²) in [7, 11) is -0.622. The third-order valence-electron chi connectivity index (χ3n) is 3.16. The van der Waals surface area contributed by atoms with Gasteiger partial charge >= 0.3 is 0 Å². The van der Waals surface area contributed by atoms with Crippen LogP contribution < -0.4 is 5.32 Å². The van der Waals surface area contributed by atoms with Crippen LogP contribution in [0.5, 0.6) is 0 Å². The first-order valence-corrected chi connectivity index (χ1v) is 7.54. The summed E-state index contributed by atoms with van der Waals surface area (Å²) < 4.78 is 11.3. The molecule has 1 fully saturated rings. The Balaban J connectivity index is 2.05. The zero-order valence-electron chi connectivity index (χ0n) is 10.1. The lowest BCUT2D eigenvalue weighted by Crippen LogP contribution is -2.29. The monoisotopic (exact) mass is 253 g/mol. The molecule has 3 nitrogen and oxygen atoms in total. The fourth-order valence-electron chi connectivity index (χ4n) is 2.15. The van der Waals surface area contributed by atoms with Crippen LogP contribution >= 0.6 is 0 Å². The second kappa shape index (κ2) is 5.65. The highest BCUT2D eigenvalue weighted by Gasteiger charge is 2.18. The van der Waals surface area contributed by atoms with E-state index in [4.69, 9.17) is 0 Å². The standard InChI is InChI=1S/C13H19NO2S/c1-10(15)12-4-2-3-5-13(12)14-11-6-8-17(16)9-7-11/h2-5,10-11,14-15H,6-9H2,1H3. The van der Waals surface area contributed by atoms with Gasteiger partial charge in [-0.25, -0.2) is 0 Å². The van der Waals surface area contributed by atoms with Crippen LogP contribution in [0.2, 0.25) is 0 Å². The molecule has 2 N–H and O–H groups in total. The molecule has 4 heteroatoms. The molecule has 0 radical (unpaired) electrons. The maximum Gasteiger partial charge on any atom is 0.0781 e. The average Bonchev–Trinajstić information content (AvgIpc) is 2.32. The predicted molar refractivity (Wildman–Crippen MR) is 71.6 cm³/mol. The second-order valence-electron chi connectivity index (χ2n) is 4.53. The molecule has 17 heavy (non-hydrogen) atoms. The van der Waals surface area contributed by atoms with Crippen molar-refractivity contribution in [3.8, 4) is 0 Å². The molecule has 1 unspecified atom stereocenters. The number of hydrogen-bond acceptors (Lipinski definition) is 3. The Bertz CT molecular complexity index is 396. The van der Waals surface area contributed by atoms with Crippen LogP contribution in [-0.4, -0.2) is 26.9 Å². The molecule has 0 bridgehead atoms. The third-order valence-corrected chi connectivity index (χ3v) is 4.54. The number of anilines is 1. The van der Waals surface area contributed by atoms with E-state index in [9.17, 15) is 9.32 Å². The zero-order valence-corrected chi connectivity index (χ0v) is 10.9. The Labute approximate surface area is 105 Å². The summed E-state index contributed by atoms with van der Waals surface area (Å²) in [6.07, 6.45) is 1.43. The normalized spacial score (nSPS) is 26.5. The van der Waals surface area contributed by atoms with Gasteiger partial charge in [0.05, 0.1) is 6.10 Å². The van der Waals surface area contributed by atoms with Crippen molar-refractivity contribution in [3.05, 3.63) is 29.8 Å². The van der Waals surface area contributed by atoms with Gasteiger partial charge in [-0.3, -0.25) is 4.21 Å². The maximum absolute atomic E-state index is 11.3. The van der Waals surface area contributed by atoms with Crippen molar-refractivity contribution in [2.24, 2.45) is 0 Å². The van der Waals surface area contributed by atoms with E-state index in [2.05, 4.69) is 5.32 Å². The second-order valence-corrected chi connectivity index (χ2v) is 6.23. The molecule has 0 spiro atoms. The minimum atomic E-state index is -0.622. The smallest absolute Gasteiger partial charge is 0.0781 e. The minimum Gasteiger partial charge on any atom is -0.389 e. The van der Waals surface area contributed by atoms with Gasteiger partial charge in [-0.05, 0) is 25.8 Å². The SMILES string of the molecule is CC(O)c1ccccc1NC1CCS(=O)CC1. The van der Waals surface area contributed by atoms with Crippen LogP contribution in [0.3, 0.4) is 0 Å². The lowest BCUT2D eigenvalue weighted by molar-refractivity contribution is 0.200. The van der Waals surface area contributed by atoms with Crippen LogP contribution in [0.15, 0.2) is 24.3 Å². The van der Waals surface area contributed by atoms with Crippen LogP contribution in [0, 0.1) is 0 Å². The Morgan fingerprint density at radius 1 is 1.35 bits per heavy atom. The molecule has 1 aliphatic rings. The van der Waals surface area contributed by atoms with Gasteiger partial charge in [-0.1, -0.05) is 18.2 Å². The fourth-order valence-corrected chi connectivity index (χ4v) is 3.45. The molecule has 2 rings (SSSR count). The van der Waals surface area contributed by atoms with E-state index in [0.29, 0.717) is 6.04 Å². The Hall–Kier alpha value is -0.870. The van der Waals surface area contributed by atoms with E-state index in [-0.39, 0.29) is 0 Å². The summed E-state index contributed by atoms with van der Waals surface area (Å²) in [5.74, 6) is 1.57. The molecule has 1 heterocycles. The minimum absolute atomic E-state index is 0.382. The number of rotatable bonds is 3. The van der Waals surface area contributed by atoms with Crippen LogP contribution in [0.25, 0.3) is 0 Å². The molecular formula is C13H19NO2S. The predicted octanol–water partition coefficient (Wildman–Crippen LogP) is 2.06. The maximum atomic E-state index is 11.3. The number of hydrogen-bond donors (Lipinski definition) is 2. The molecule has 94 valence electrons. The van der Waals surface area contributed by atoms with E-state index in [1.54, 1.807) is 6.92 Å². The Morgan fingerprint density at radius 2 is 2.00 bits per heavy atom. The van der Waals surface area contributed by atoms with Gasteiger partial charge in [0.25, 0.3) is 0 Å². The van der Waals surface area contributed by atoms with Gasteiger partial charge < -0.3 is 10.4 Å². The Kier molecular flexibility index (Phi) is 4.18. The van der Waals surface area contributed by atoms with E-state index in [1.165, 1.54) is 0 Å². The van der Waals surface area contributed by atoms with E-state index < -0.39 is 16.9 Å². The molecule has 0 aliphatic carbocycles. The first-order valence-electron chi connectivity index (χ1n) is 6.05. The molecule has 1 saturated heterocycles. The zero-order chi connectivity index (χ0) is 12.3. The van der Waals surface area contributed by atoms with Crippen molar-refractivity contribution in [2.75, 3.05) is 16.8 Å². The largest absolute Gasteiger partial charge is 0.389 e. The van der Waals surface area contributed by atoms with Crippen molar-refractivity contribution in [3.63, 3.8) is 0 Å². The van der Waals surface area contributed by atoms with Crippen molar-refractivity contribution in [2.45, 2.75) is 31.9 Å². The number of aliphatic hydroxyl groups is 1. The van der Waals surface area contributed by atoms with Crippen LogP contribution in [0.4, 0.5) is 5.69 Å². The van der Waals surface area contributed by atoms with Crippen molar-refractivity contribution < 1.29 is 9.32 Å². The number of aliphatic hydroxyl groups excluding tert-OH is 1. The summed E-state index contributed by atoms with van der Waals surface area (Å²) >= 11 is 0. The first kappa shape index (κ1) is 12.6. The molecule has 1 aliphatic heterocycles. The van der Waals surface area contributed by atoms with Crippen molar-refractivity contribution in [1.29, 1.82) is 0 Å². The molecule has 1 aromatic rings. The first-order chi connectivity index (χ1) is 8.16. The van der Waals surface area contributed by atoms with E-state index in [1.807, 2.05) is 24.3 Å². The lowest BCUT2D eigenvalue weighted by Gasteiger charge is -2.25. The summed E-state index contributed by atoms with van der Waals surface area (Å²) in [5.41, 5.74) is 1.93. The van der Waals surface area contributed by atoms with Gasteiger partial charge in [-0.2, -0.15) is 0 Å². The molecule has 1 aromatic carbocycles. The van der Waals surface area contributed by atoms with Gasteiger partial charge in [-0.15, -0.1) is 0 Å². The molecule has 0 saturated carbocycles. The number of benzene rings is 1. The van der Waals surface area contributed by atoms with Gasteiger partial charge in [0.2, 0.25) is 0 Å². The number of para-hydroxylation sites is 1. The van der Waals surface area contributed by atoms with Gasteiger partial charge in [0.15, 0.2) is 0 Å².